The predicted octanol–water partition coefficient (Wildman–Crippen LogP) is 15.8. The van der Waals surface area contributed by atoms with Crippen molar-refractivity contribution in [1.82, 2.24) is 9.97 Å². The Kier molecular flexibility index (Phi) is 18.3. The zero-order valence-corrected chi connectivity index (χ0v) is 48.1. The van der Waals surface area contributed by atoms with Crippen LogP contribution in [0.5, 0.6) is 0 Å². The van der Waals surface area contributed by atoms with Crippen LogP contribution < -0.4 is 10.4 Å². The van der Waals surface area contributed by atoms with E-state index >= 15 is 0 Å². The largest absolute Gasteiger partial charge is 0.512 e. The number of allylic oxidation sites excluding steroid dienone is 2. The molecule has 0 fully saturated rings. The summed E-state index contributed by atoms with van der Waals surface area (Å²) in [7, 11) is -3.01. The molecule has 4 nitrogen and oxygen atoms in total. The molecule has 9 heteroatoms. The molecule has 1 N–H and O–H groups in total. The molecule has 0 amide bonds. The molecule has 0 saturated heterocycles. The second-order valence-electron chi connectivity index (χ2n) is 22.1. The molecule has 2 heterocycles. The second-order valence-corrected chi connectivity index (χ2v) is 32.2. The second kappa shape index (κ2) is 24.1. The Labute approximate surface area is 429 Å². The smallest absolute Gasteiger partial charge is 0.239 e. The average Bonchev–Trinajstić information content (AvgIpc) is 3.26. The molecule has 0 aliphatic heterocycles. The Hall–Kier alpha value is -4.15. The van der Waals surface area contributed by atoms with Crippen LogP contribution in [0.2, 0.25) is 39.3 Å². The van der Waals surface area contributed by atoms with Gasteiger partial charge in [0.25, 0.3) is 0 Å². The number of carbonyl (C=O) groups is 1. The first kappa shape index (κ1) is 51.7. The predicted molar refractivity (Wildman–Crippen MR) is 289 cm³/mol. The van der Waals surface area contributed by atoms with Crippen LogP contribution >= 0.6 is 0 Å². The number of fused-ring (bicyclic) bond motifs is 2. The van der Waals surface area contributed by atoms with Gasteiger partial charge < -0.3 is 15.1 Å². The van der Waals surface area contributed by atoms with Gasteiger partial charge in [-0.1, -0.05) is 162 Å². The number of carbonyl (C=O) groups excluding carboxylic acids is 1. The molecular formula is C59H78F2IrN2O2Si2-2. The van der Waals surface area contributed by atoms with Crippen LogP contribution in [0.3, 0.4) is 0 Å². The summed E-state index contributed by atoms with van der Waals surface area (Å²) in [6.45, 7) is 36.6. The number of aryl methyl sites for hydroxylation is 2. The summed E-state index contributed by atoms with van der Waals surface area (Å²) in [6.07, 6.45) is 0.135. The number of alkyl halides is 2. The molecule has 1 radical (unpaired) electrons. The molecule has 4 aromatic carbocycles. The van der Waals surface area contributed by atoms with Crippen LogP contribution in [0.4, 0.5) is 8.78 Å². The third kappa shape index (κ3) is 15.9. The number of ketones is 1. The minimum absolute atomic E-state index is 0. The van der Waals surface area contributed by atoms with Crippen LogP contribution in [0.15, 0.2) is 96.9 Å². The Balaban J connectivity index is 0.000000292. The van der Waals surface area contributed by atoms with Crippen LogP contribution in [-0.2, 0) is 35.7 Å². The average molecular weight is 1140 g/mol. The van der Waals surface area contributed by atoms with Crippen molar-refractivity contribution in [3.63, 3.8) is 0 Å². The van der Waals surface area contributed by atoms with Crippen LogP contribution in [-0.4, -0.2) is 43.4 Å². The number of aromatic nitrogens is 2. The zero-order valence-electron chi connectivity index (χ0n) is 47.8. The number of aliphatic hydroxyl groups excluding tert-OH is 1. The molecule has 0 bridgehead atoms. The van der Waals surface area contributed by atoms with E-state index in [4.69, 9.17) is 5.48 Å². The van der Waals surface area contributed by atoms with E-state index in [0.717, 1.165) is 61.3 Å². The minimum atomic E-state index is -2.46. The van der Waals surface area contributed by atoms with Gasteiger partial charge in [-0.2, -0.15) is 0 Å². The molecule has 1 atom stereocenters. The summed E-state index contributed by atoms with van der Waals surface area (Å²) >= 11 is 0. The van der Waals surface area contributed by atoms with Gasteiger partial charge in [-0.05, 0) is 75.1 Å². The third-order valence-electron chi connectivity index (χ3n) is 12.3. The van der Waals surface area contributed by atoms with Crippen molar-refractivity contribution in [2.24, 2.45) is 11.8 Å². The van der Waals surface area contributed by atoms with Gasteiger partial charge in [-0.25, -0.2) is 8.78 Å². The van der Waals surface area contributed by atoms with E-state index in [1.807, 2.05) is 27.7 Å². The van der Waals surface area contributed by atoms with Gasteiger partial charge in [0, 0.05) is 56.8 Å². The van der Waals surface area contributed by atoms with Crippen molar-refractivity contribution in [3.8, 4) is 22.5 Å². The van der Waals surface area contributed by atoms with Crippen molar-refractivity contribution >= 4 is 53.8 Å². The number of benzene rings is 4. The van der Waals surface area contributed by atoms with Crippen LogP contribution in [0.1, 0.15) is 116 Å². The molecule has 2 aromatic heterocycles. The number of hydrogen-bond donors (Lipinski definition) is 1. The Morgan fingerprint density at radius 2 is 1.06 bits per heavy atom. The summed E-state index contributed by atoms with van der Waals surface area (Å²) in [5, 5.41) is 15.8. The van der Waals surface area contributed by atoms with Gasteiger partial charge in [0.1, 0.15) is 0 Å². The molecule has 0 aliphatic carbocycles. The van der Waals surface area contributed by atoms with E-state index in [-0.39, 0.29) is 72.8 Å². The number of nitrogens with zero attached hydrogens (tertiary/aromatic N) is 2. The van der Waals surface area contributed by atoms with Crippen molar-refractivity contribution in [1.29, 1.82) is 0 Å². The Morgan fingerprint density at radius 3 is 1.38 bits per heavy atom. The first-order chi connectivity index (χ1) is 32.7. The molecule has 6 rings (SSSR count). The maximum atomic E-state index is 12.2. The standard InChI is InChI=1S/2C23H28NSi.C13H22F2O2.Ir/c2*1-16-12-18(14-19(13-16)23(2,3)4)22-21-9-8-20(25(5,6)7)15-17(21)10-11-24-22;1-4-9(5-2)11(16)8-12(17)10(6-3)7-13(14)15;/h2*8-11,13-15H,1-7H3;8-10,13,17H,4-7H2,1-3H3;/q2*-1;;/b;;12-8-;/i2*10D,11D;;. The van der Waals surface area contributed by atoms with Crippen molar-refractivity contribution in [2.45, 2.75) is 158 Å². The van der Waals surface area contributed by atoms with Crippen LogP contribution in [0, 0.1) is 37.8 Å². The summed E-state index contributed by atoms with van der Waals surface area (Å²) in [5.74, 6) is -1.11. The van der Waals surface area contributed by atoms with Gasteiger partial charge in [0.15, 0.2) is 5.78 Å². The van der Waals surface area contributed by atoms with E-state index < -0.39 is 34.9 Å². The first-order valence-electron chi connectivity index (χ1n) is 25.9. The first-order valence-corrected chi connectivity index (χ1v) is 30.9. The monoisotopic (exact) mass is 1140 g/mol. The number of hydrogen-bond acceptors (Lipinski definition) is 4. The van der Waals surface area contributed by atoms with Crippen LogP contribution in [0.25, 0.3) is 44.1 Å². The normalized spacial score (nSPS) is 13.7. The number of pyridine rings is 2. The molecule has 0 saturated carbocycles. The van der Waals surface area contributed by atoms with E-state index in [0.29, 0.717) is 19.3 Å². The minimum Gasteiger partial charge on any atom is -0.512 e. The fourth-order valence-corrected chi connectivity index (χ4v) is 10.1. The molecule has 0 spiro atoms. The van der Waals surface area contributed by atoms with E-state index in [1.165, 1.54) is 21.5 Å². The van der Waals surface area contributed by atoms with E-state index in [9.17, 15) is 18.7 Å². The molecular weight excluding hydrogens is 1060 g/mol. The number of aliphatic hydroxyl groups is 1. The fourth-order valence-electron chi connectivity index (χ4n) is 7.80. The summed E-state index contributed by atoms with van der Waals surface area (Å²) in [5.41, 5.74) is 7.93. The van der Waals surface area contributed by atoms with Gasteiger partial charge >= 0.3 is 0 Å². The van der Waals surface area contributed by atoms with E-state index in [1.54, 1.807) is 6.92 Å². The van der Waals surface area contributed by atoms with Gasteiger partial charge in [0.05, 0.1) is 27.4 Å². The quantitative estimate of drug-likeness (QED) is 0.0574. The topological polar surface area (TPSA) is 63.1 Å². The summed E-state index contributed by atoms with van der Waals surface area (Å²) < 4.78 is 57.7. The summed E-state index contributed by atoms with van der Waals surface area (Å²) in [4.78, 5) is 20.7. The van der Waals surface area contributed by atoms with Gasteiger partial charge in [-0.15, -0.1) is 69.8 Å². The maximum Gasteiger partial charge on any atom is 0.239 e. The van der Waals surface area contributed by atoms with Crippen molar-refractivity contribution in [2.75, 3.05) is 0 Å². The van der Waals surface area contributed by atoms with Crippen molar-refractivity contribution in [3.05, 3.63) is 131 Å². The van der Waals surface area contributed by atoms with Gasteiger partial charge in [-0.3, -0.25) is 4.79 Å². The Bertz CT molecular complexity index is 2730. The molecule has 1 unspecified atom stereocenters. The van der Waals surface area contributed by atoms with Gasteiger partial charge in [0.2, 0.25) is 6.43 Å². The summed E-state index contributed by atoms with van der Waals surface area (Å²) in [6, 6.07) is 28.5. The molecule has 369 valence electrons. The SMILES string of the molecule is CCC(CC)C(=O)/C=C(\O)C(CC)CC(F)F.[2H]c1nc(-c2[c-]c(C)cc(C(C)(C)C)c2)c2ccc([Si](C)(C)C)cc2c1[2H].[2H]c1nc(-c2[c-]c(C)cc(C(C)(C)C)c2)c2ccc([Si](C)(C)C)cc2c1[2H].[Ir]. The van der Waals surface area contributed by atoms with Crippen molar-refractivity contribution < 1.29 is 44.3 Å². The number of rotatable bonds is 12. The zero-order chi connectivity index (χ0) is 53.7. The Morgan fingerprint density at radius 1 is 0.676 bits per heavy atom. The fraction of sp³-hybridized carbons (Fsp3) is 0.441. The third-order valence-corrected chi connectivity index (χ3v) is 16.4. The van der Waals surface area contributed by atoms with E-state index in [2.05, 4.69) is 164 Å². The molecule has 68 heavy (non-hydrogen) atoms. The molecule has 6 aromatic rings. The maximum absolute atomic E-state index is 12.2. The number of halogens is 2. The molecule has 0 aliphatic rings.